The minimum atomic E-state index is -0.807. The van der Waals surface area contributed by atoms with E-state index >= 15 is 0 Å². The molecule has 0 radical (unpaired) electrons. The number of esters is 1. The van der Waals surface area contributed by atoms with Crippen molar-refractivity contribution in [3.05, 3.63) is 0 Å². The lowest BCUT2D eigenvalue weighted by atomic mass is 9.88. The maximum atomic E-state index is 12.7. The van der Waals surface area contributed by atoms with Crippen molar-refractivity contribution in [3.63, 3.8) is 0 Å². The van der Waals surface area contributed by atoms with E-state index in [-0.39, 0.29) is 18.5 Å². The first kappa shape index (κ1) is 19.0. The Bertz CT molecular complexity index is 464. The van der Waals surface area contributed by atoms with E-state index in [0.717, 1.165) is 12.8 Å². The van der Waals surface area contributed by atoms with Gasteiger partial charge in [-0.2, -0.15) is 0 Å². The predicted octanol–water partition coefficient (Wildman–Crippen LogP) is 2.55. The Morgan fingerprint density at radius 2 is 2.04 bits per heavy atom. The lowest BCUT2D eigenvalue weighted by Gasteiger charge is -2.28. The van der Waals surface area contributed by atoms with Gasteiger partial charge in [-0.25, -0.2) is 9.59 Å². The van der Waals surface area contributed by atoms with Crippen LogP contribution in [0.4, 0.5) is 9.18 Å². The van der Waals surface area contributed by atoms with Crippen molar-refractivity contribution >= 4 is 12.1 Å². The van der Waals surface area contributed by atoms with Crippen molar-refractivity contribution < 1.29 is 28.2 Å². The first-order valence-corrected chi connectivity index (χ1v) is 8.52. The maximum absolute atomic E-state index is 12.7. The quantitative estimate of drug-likeness (QED) is 0.736. The highest BCUT2D eigenvalue weighted by Gasteiger charge is 2.51. The van der Waals surface area contributed by atoms with E-state index in [4.69, 9.17) is 14.2 Å². The predicted molar refractivity (Wildman–Crippen MR) is 85.3 cm³/mol. The molecule has 24 heavy (non-hydrogen) atoms. The fraction of sp³-hybridized carbons (Fsp3) is 0.882. The summed E-state index contributed by atoms with van der Waals surface area (Å²) in [4.78, 5) is 26.2. The van der Waals surface area contributed by atoms with Gasteiger partial charge in [0, 0.05) is 19.1 Å². The summed E-state index contributed by atoms with van der Waals surface area (Å²) in [6.45, 7) is 5.79. The molecule has 0 aromatic heterocycles. The van der Waals surface area contributed by atoms with Gasteiger partial charge in [0.15, 0.2) is 6.04 Å². The summed E-state index contributed by atoms with van der Waals surface area (Å²) < 4.78 is 28.9. The van der Waals surface area contributed by atoms with Crippen LogP contribution in [0, 0.1) is 11.8 Å². The van der Waals surface area contributed by atoms with Crippen LogP contribution in [-0.4, -0.2) is 61.6 Å². The van der Waals surface area contributed by atoms with Crippen molar-refractivity contribution in [3.8, 4) is 0 Å². The number of ether oxygens (including phenoxy) is 3. The van der Waals surface area contributed by atoms with E-state index < -0.39 is 29.8 Å². The van der Waals surface area contributed by atoms with Gasteiger partial charge in [-0.05, 0) is 46.0 Å². The van der Waals surface area contributed by atoms with E-state index in [1.54, 1.807) is 20.8 Å². The van der Waals surface area contributed by atoms with E-state index in [9.17, 15) is 14.0 Å². The number of nitrogens with zero attached hydrogens (tertiary/aromatic N) is 1. The van der Waals surface area contributed by atoms with Gasteiger partial charge in [0.1, 0.15) is 5.60 Å². The number of carbonyl (C=O) groups is 2. The largest absolute Gasteiger partial charge is 0.467 e. The van der Waals surface area contributed by atoms with Crippen LogP contribution in [-0.2, 0) is 19.0 Å². The third-order valence-electron chi connectivity index (χ3n) is 4.60. The van der Waals surface area contributed by atoms with Crippen LogP contribution in [0.25, 0.3) is 0 Å². The molecule has 2 aliphatic heterocycles. The van der Waals surface area contributed by atoms with Gasteiger partial charge < -0.3 is 14.2 Å². The molecule has 0 aromatic carbocycles. The molecular weight excluding hydrogens is 317 g/mol. The van der Waals surface area contributed by atoms with Crippen LogP contribution >= 0.6 is 0 Å². The summed E-state index contributed by atoms with van der Waals surface area (Å²) in [5.74, 6) is -0.306. The Balaban J connectivity index is 2.19. The van der Waals surface area contributed by atoms with E-state index in [2.05, 4.69) is 0 Å². The highest BCUT2D eigenvalue weighted by atomic mass is 19.1. The van der Waals surface area contributed by atoms with Crippen LogP contribution in [0.3, 0.4) is 0 Å². The number of amides is 1. The molecule has 1 amide bonds. The monoisotopic (exact) mass is 345 g/mol. The summed E-state index contributed by atoms with van der Waals surface area (Å²) in [7, 11) is 1.30. The fourth-order valence-electron chi connectivity index (χ4n) is 3.57. The Hall–Kier alpha value is -1.37. The van der Waals surface area contributed by atoms with Crippen LogP contribution in [0.2, 0.25) is 0 Å². The second kappa shape index (κ2) is 7.68. The van der Waals surface area contributed by atoms with E-state index in [1.807, 2.05) is 0 Å². The molecule has 0 N–H and O–H groups in total. The van der Waals surface area contributed by atoms with Crippen molar-refractivity contribution in [1.82, 2.24) is 4.90 Å². The molecule has 0 unspecified atom stereocenters. The topological polar surface area (TPSA) is 65.1 Å². The van der Waals surface area contributed by atoms with Crippen molar-refractivity contribution in [1.29, 1.82) is 0 Å². The van der Waals surface area contributed by atoms with Crippen molar-refractivity contribution in [2.24, 2.45) is 11.8 Å². The number of fused-ring (bicyclic) bond motifs is 1. The second-order valence-corrected chi connectivity index (χ2v) is 7.56. The number of methoxy groups -OCH3 is 1. The summed E-state index contributed by atoms with van der Waals surface area (Å²) in [6.07, 6.45) is 1.03. The Morgan fingerprint density at radius 1 is 1.33 bits per heavy atom. The van der Waals surface area contributed by atoms with Gasteiger partial charge in [-0.3, -0.25) is 9.29 Å². The molecule has 0 aliphatic carbocycles. The molecule has 6 nitrogen and oxygen atoms in total. The Labute approximate surface area is 142 Å². The minimum Gasteiger partial charge on any atom is -0.467 e. The lowest BCUT2D eigenvalue weighted by molar-refractivity contribution is -0.150. The van der Waals surface area contributed by atoms with Crippen LogP contribution in [0.15, 0.2) is 0 Å². The van der Waals surface area contributed by atoms with Crippen LogP contribution in [0.1, 0.15) is 40.0 Å². The number of rotatable bonds is 3. The van der Waals surface area contributed by atoms with Crippen LogP contribution < -0.4 is 0 Å². The molecule has 7 heteroatoms. The summed E-state index contributed by atoms with van der Waals surface area (Å²) in [5, 5.41) is 0. The smallest absolute Gasteiger partial charge is 0.411 e. The molecule has 0 saturated carbocycles. The molecule has 2 heterocycles. The van der Waals surface area contributed by atoms with E-state index in [1.165, 1.54) is 12.0 Å². The normalized spacial score (nSPS) is 30.5. The third-order valence-corrected chi connectivity index (χ3v) is 4.60. The summed E-state index contributed by atoms with van der Waals surface area (Å²) in [5.41, 5.74) is -0.653. The molecular formula is C17H28FNO5. The molecule has 2 rings (SSSR count). The number of likely N-dealkylation sites (tertiary alicyclic amines) is 1. The molecule has 0 spiro atoms. The van der Waals surface area contributed by atoms with Gasteiger partial charge in [-0.15, -0.1) is 0 Å². The Morgan fingerprint density at radius 3 is 2.62 bits per heavy atom. The average molecular weight is 345 g/mol. The highest BCUT2D eigenvalue weighted by molar-refractivity contribution is 5.83. The molecule has 2 aliphatic rings. The van der Waals surface area contributed by atoms with Crippen molar-refractivity contribution in [2.45, 2.75) is 57.8 Å². The van der Waals surface area contributed by atoms with Gasteiger partial charge in [0.25, 0.3) is 0 Å². The van der Waals surface area contributed by atoms with Gasteiger partial charge in [0.2, 0.25) is 0 Å². The highest BCUT2D eigenvalue weighted by Crippen LogP contribution is 2.37. The first-order chi connectivity index (χ1) is 11.3. The van der Waals surface area contributed by atoms with Crippen LogP contribution in [0.5, 0.6) is 0 Å². The van der Waals surface area contributed by atoms with E-state index in [0.29, 0.717) is 19.6 Å². The third kappa shape index (κ3) is 4.37. The van der Waals surface area contributed by atoms with Gasteiger partial charge >= 0.3 is 12.1 Å². The second-order valence-electron chi connectivity index (χ2n) is 7.56. The fourth-order valence-corrected chi connectivity index (χ4v) is 3.57. The zero-order chi connectivity index (χ0) is 17.9. The SMILES string of the molecule is COC(=O)[C@@H]1[C@@H]2OCC[C@@H](CCF)C[C@H]2CN1C(=O)OC(C)(C)C. The maximum Gasteiger partial charge on any atom is 0.411 e. The number of carbonyl (C=O) groups excluding carboxylic acids is 2. The average Bonchev–Trinajstić information content (AvgIpc) is 2.72. The number of hydrogen-bond donors (Lipinski definition) is 0. The molecule has 138 valence electrons. The molecule has 2 saturated heterocycles. The zero-order valence-electron chi connectivity index (χ0n) is 14.9. The first-order valence-electron chi connectivity index (χ1n) is 8.52. The van der Waals surface area contributed by atoms with Gasteiger partial charge in [0.05, 0.1) is 19.9 Å². The van der Waals surface area contributed by atoms with Gasteiger partial charge in [-0.1, -0.05) is 0 Å². The molecule has 2 fully saturated rings. The lowest BCUT2D eigenvalue weighted by Crippen LogP contribution is -2.48. The minimum absolute atomic E-state index is 0.0133. The molecule has 0 aromatic rings. The zero-order valence-corrected chi connectivity index (χ0v) is 14.9. The van der Waals surface area contributed by atoms with Crippen molar-refractivity contribution in [2.75, 3.05) is 26.9 Å². The molecule has 4 atom stereocenters. The number of hydrogen-bond acceptors (Lipinski definition) is 5. The number of halogens is 1. The Kier molecular flexibility index (Phi) is 6.06. The standard InChI is InChI=1S/C17H28FNO5/c1-17(2,3)24-16(21)19-10-12-9-11(5-7-18)6-8-23-14(12)13(19)15(20)22-4/h11-14H,5-10H2,1-4H3/t11-,12+,13+,14-/m1/s1. The summed E-state index contributed by atoms with van der Waals surface area (Å²) >= 11 is 0. The number of alkyl halides is 1. The summed E-state index contributed by atoms with van der Waals surface area (Å²) in [6, 6.07) is -0.807. The molecule has 0 bridgehead atoms.